The predicted octanol–water partition coefficient (Wildman–Crippen LogP) is 2.51. The Morgan fingerprint density at radius 3 is 2.86 bits per heavy atom. The molecule has 1 aliphatic heterocycles. The van der Waals surface area contributed by atoms with Gasteiger partial charge in [-0.05, 0) is 31.6 Å². The van der Waals surface area contributed by atoms with Crippen molar-refractivity contribution in [2.24, 2.45) is 11.8 Å². The van der Waals surface area contributed by atoms with E-state index in [0.717, 1.165) is 25.4 Å². The van der Waals surface area contributed by atoms with Crippen molar-refractivity contribution in [3.05, 3.63) is 0 Å². The maximum absolute atomic E-state index is 11.4. The van der Waals surface area contributed by atoms with E-state index in [1.807, 2.05) is 11.8 Å². The molecule has 0 aromatic heterocycles. The van der Waals surface area contributed by atoms with Crippen molar-refractivity contribution in [3.63, 3.8) is 0 Å². The fourth-order valence-electron chi connectivity index (χ4n) is 2.07. The molecular formula is C11H21NO2. The number of rotatable bonds is 3. The van der Waals surface area contributed by atoms with Crippen molar-refractivity contribution >= 4 is 6.09 Å². The number of carbonyl (C=O) groups is 1. The molecule has 1 amide bonds. The smallest absolute Gasteiger partial charge is 0.409 e. The predicted molar refractivity (Wildman–Crippen MR) is 56.2 cm³/mol. The van der Waals surface area contributed by atoms with Crippen molar-refractivity contribution in [3.8, 4) is 0 Å². The molecule has 1 aliphatic rings. The fourth-order valence-corrected chi connectivity index (χ4v) is 2.07. The van der Waals surface area contributed by atoms with Crippen molar-refractivity contribution < 1.29 is 9.53 Å². The average molecular weight is 199 g/mol. The molecule has 3 nitrogen and oxygen atoms in total. The standard InChI is InChI=1S/C11H21NO2/c1-4-14-11(13)12-6-5-10(8-12)7-9(2)3/h9-10H,4-8H2,1-3H3. The van der Waals surface area contributed by atoms with E-state index in [2.05, 4.69) is 13.8 Å². The second-order valence-electron chi connectivity index (χ2n) is 4.43. The van der Waals surface area contributed by atoms with Gasteiger partial charge in [0.25, 0.3) is 0 Å². The average Bonchev–Trinajstić information content (AvgIpc) is 2.52. The van der Waals surface area contributed by atoms with E-state index in [1.165, 1.54) is 6.42 Å². The SMILES string of the molecule is CCOC(=O)N1CCC(CC(C)C)C1. The number of likely N-dealkylation sites (tertiary alicyclic amines) is 1. The van der Waals surface area contributed by atoms with Gasteiger partial charge in [-0.3, -0.25) is 0 Å². The van der Waals surface area contributed by atoms with Crippen LogP contribution in [0.25, 0.3) is 0 Å². The second-order valence-corrected chi connectivity index (χ2v) is 4.43. The zero-order valence-corrected chi connectivity index (χ0v) is 9.45. The number of nitrogens with zero attached hydrogens (tertiary/aromatic N) is 1. The zero-order valence-electron chi connectivity index (χ0n) is 9.45. The number of carbonyl (C=O) groups excluding carboxylic acids is 1. The third-order valence-electron chi connectivity index (χ3n) is 2.62. The van der Waals surface area contributed by atoms with Gasteiger partial charge in [-0.25, -0.2) is 4.79 Å². The quantitative estimate of drug-likeness (QED) is 0.699. The Balaban J connectivity index is 2.29. The van der Waals surface area contributed by atoms with Gasteiger partial charge in [0, 0.05) is 13.1 Å². The fraction of sp³-hybridized carbons (Fsp3) is 0.909. The largest absolute Gasteiger partial charge is 0.450 e. The molecule has 1 unspecified atom stereocenters. The number of amides is 1. The highest BCUT2D eigenvalue weighted by atomic mass is 16.6. The lowest BCUT2D eigenvalue weighted by Gasteiger charge is -2.16. The van der Waals surface area contributed by atoms with Crippen LogP contribution in [0.15, 0.2) is 0 Å². The summed E-state index contributed by atoms with van der Waals surface area (Å²) in [5.41, 5.74) is 0. The molecular weight excluding hydrogens is 178 g/mol. The molecule has 1 atom stereocenters. The van der Waals surface area contributed by atoms with Crippen LogP contribution < -0.4 is 0 Å². The number of hydrogen-bond acceptors (Lipinski definition) is 2. The summed E-state index contributed by atoms with van der Waals surface area (Å²) in [5, 5.41) is 0. The summed E-state index contributed by atoms with van der Waals surface area (Å²) in [5.74, 6) is 1.40. The molecule has 1 heterocycles. The first-order valence-electron chi connectivity index (χ1n) is 5.55. The summed E-state index contributed by atoms with van der Waals surface area (Å²) < 4.78 is 4.97. The molecule has 0 aliphatic carbocycles. The van der Waals surface area contributed by atoms with Gasteiger partial charge in [0.2, 0.25) is 0 Å². The van der Waals surface area contributed by atoms with Gasteiger partial charge in [-0.15, -0.1) is 0 Å². The first kappa shape index (κ1) is 11.3. The zero-order chi connectivity index (χ0) is 10.6. The Labute approximate surface area is 86.4 Å². The van der Waals surface area contributed by atoms with E-state index in [1.54, 1.807) is 0 Å². The van der Waals surface area contributed by atoms with E-state index in [9.17, 15) is 4.79 Å². The van der Waals surface area contributed by atoms with E-state index < -0.39 is 0 Å². The Bertz CT molecular complexity index is 192. The summed E-state index contributed by atoms with van der Waals surface area (Å²) in [7, 11) is 0. The van der Waals surface area contributed by atoms with Gasteiger partial charge in [-0.2, -0.15) is 0 Å². The molecule has 0 radical (unpaired) electrons. The molecule has 1 fully saturated rings. The molecule has 0 aromatic carbocycles. The highest BCUT2D eigenvalue weighted by Gasteiger charge is 2.27. The van der Waals surface area contributed by atoms with Gasteiger partial charge < -0.3 is 9.64 Å². The molecule has 0 N–H and O–H groups in total. The van der Waals surface area contributed by atoms with E-state index in [4.69, 9.17) is 4.74 Å². The summed E-state index contributed by atoms with van der Waals surface area (Å²) >= 11 is 0. The molecule has 82 valence electrons. The molecule has 1 rings (SSSR count). The van der Waals surface area contributed by atoms with Gasteiger partial charge in [0.15, 0.2) is 0 Å². The van der Waals surface area contributed by atoms with Crippen molar-refractivity contribution in [1.82, 2.24) is 4.90 Å². The third kappa shape index (κ3) is 3.20. The molecule has 14 heavy (non-hydrogen) atoms. The first-order chi connectivity index (χ1) is 6.63. The van der Waals surface area contributed by atoms with Gasteiger partial charge in [0.1, 0.15) is 0 Å². The maximum Gasteiger partial charge on any atom is 0.409 e. The number of ether oxygens (including phenoxy) is 1. The molecule has 3 heteroatoms. The van der Waals surface area contributed by atoms with Crippen LogP contribution in [-0.4, -0.2) is 30.7 Å². The second kappa shape index (κ2) is 5.23. The lowest BCUT2D eigenvalue weighted by molar-refractivity contribution is 0.114. The Morgan fingerprint density at radius 1 is 1.57 bits per heavy atom. The van der Waals surface area contributed by atoms with E-state index >= 15 is 0 Å². The summed E-state index contributed by atoms with van der Waals surface area (Å²) in [6.45, 7) is 8.54. The van der Waals surface area contributed by atoms with Crippen LogP contribution >= 0.6 is 0 Å². The monoisotopic (exact) mass is 199 g/mol. The summed E-state index contributed by atoms with van der Waals surface area (Å²) in [6.07, 6.45) is 2.21. The summed E-state index contributed by atoms with van der Waals surface area (Å²) in [6, 6.07) is 0. The summed E-state index contributed by atoms with van der Waals surface area (Å²) in [4.78, 5) is 13.2. The lowest BCUT2D eigenvalue weighted by atomic mass is 9.97. The highest BCUT2D eigenvalue weighted by molar-refractivity contribution is 5.67. The minimum absolute atomic E-state index is 0.140. The van der Waals surface area contributed by atoms with Gasteiger partial charge in [-0.1, -0.05) is 13.8 Å². The maximum atomic E-state index is 11.4. The molecule has 1 saturated heterocycles. The van der Waals surface area contributed by atoms with Crippen LogP contribution in [0.4, 0.5) is 4.79 Å². The van der Waals surface area contributed by atoms with Crippen LogP contribution in [0.2, 0.25) is 0 Å². The Kier molecular flexibility index (Phi) is 4.23. The Morgan fingerprint density at radius 2 is 2.29 bits per heavy atom. The van der Waals surface area contributed by atoms with Crippen molar-refractivity contribution in [1.29, 1.82) is 0 Å². The van der Waals surface area contributed by atoms with Crippen LogP contribution in [0.1, 0.15) is 33.6 Å². The first-order valence-corrected chi connectivity index (χ1v) is 5.55. The van der Waals surface area contributed by atoms with E-state index in [-0.39, 0.29) is 6.09 Å². The van der Waals surface area contributed by atoms with Gasteiger partial charge in [0.05, 0.1) is 6.61 Å². The normalized spacial score (nSPS) is 21.7. The van der Waals surface area contributed by atoms with Crippen LogP contribution in [0, 0.1) is 11.8 Å². The van der Waals surface area contributed by atoms with Crippen LogP contribution in [-0.2, 0) is 4.74 Å². The topological polar surface area (TPSA) is 29.5 Å². The minimum atomic E-state index is -0.140. The molecule has 0 spiro atoms. The highest BCUT2D eigenvalue weighted by Crippen LogP contribution is 2.23. The van der Waals surface area contributed by atoms with Crippen LogP contribution in [0.3, 0.4) is 0 Å². The molecule has 0 saturated carbocycles. The van der Waals surface area contributed by atoms with Crippen molar-refractivity contribution in [2.75, 3.05) is 19.7 Å². The molecule has 0 bridgehead atoms. The lowest BCUT2D eigenvalue weighted by Crippen LogP contribution is -2.29. The third-order valence-corrected chi connectivity index (χ3v) is 2.62. The van der Waals surface area contributed by atoms with Gasteiger partial charge >= 0.3 is 6.09 Å². The number of hydrogen-bond donors (Lipinski definition) is 0. The minimum Gasteiger partial charge on any atom is -0.450 e. The van der Waals surface area contributed by atoms with Crippen LogP contribution in [0.5, 0.6) is 0 Å². The van der Waals surface area contributed by atoms with E-state index in [0.29, 0.717) is 12.5 Å². The molecule has 0 aromatic rings. The van der Waals surface area contributed by atoms with Crippen molar-refractivity contribution in [2.45, 2.75) is 33.6 Å². The Hall–Kier alpha value is -0.730.